The van der Waals surface area contributed by atoms with E-state index < -0.39 is 0 Å². The number of benzene rings is 1. The van der Waals surface area contributed by atoms with Crippen molar-refractivity contribution < 1.29 is 13.9 Å². The zero-order chi connectivity index (χ0) is 16.7. The molecular formula is C17H16Cl2N2O3. The summed E-state index contributed by atoms with van der Waals surface area (Å²) in [5, 5.41) is 0.981. The van der Waals surface area contributed by atoms with Gasteiger partial charge in [0.2, 0.25) is 0 Å². The number of carbonyl (C=O) groups is 1. The van der Waals surface area contributed by atoms with Crippen molar-refractivity contribution >= 4 is 29.1 Å². The molecule has 0 N–H and O–H groups in total. The Labute approximate surface area is 149 Å². The molecule has 126 valence electrons. The Morgan fingerprint density at radius 2 is 2.08 bits per heavy atom. The first kappa shape index (κ1) is 15.9. The van der Waals surface area contributed by atoms with Gasteiger partial charge in [0.15, 0.2) is 12.1 Å². The Bertz CT molecular complexity index is 773. The van der Waals surface area contributed by atoms with Gasteiger partial charge >= 0.3 is 0 Å². The Balaban J connectivity index is 1.52. The van der Waals surface area contributed by atoms with E-state index in [1.807, 2.05) is 6.07 Å². The van der Waals surface area contributed by atoms with Crippen LogP contribution in [0.3, 0.4) is 0 Å². The molecule has 4 rings (SSSR count). The lowest BCUT2D eigenvalue weighted by molar-refractivity contribution is -0.0230. The monoisotopic (exact) mass is 366 g/mol. The minimum absolute atomic E-state index is 0.0981. The van der Waals surface area contributed by atoms with Crippen molar-refractivity contribution in [2.75, 3.05) is 19.7 Å². The van der Waals surface area contributed by atoms with Crippen LogP contribution in [0.5, 0.6) is 0 Å². The summed E-state index contributed by atoms with van der Waals surface area (Å²) < 4.78 is 11.2. The van der Waals surface area contributed by atoms with E-state index in [0.717, 1.165) is 24.2 Å². The lowest BCUT2D eigenvalue weighted by Gasteiger charge is -2.33. The van der Waals surface area contributed by atoms with Crippen molar-refractivity contribution in [2.45, 2.75) is 24.9 Å². The summed E-state index contributed by atoms with van der Waals surface area (Å²) in [5.74, 6) is 0.968. The summed E-state index contributed by atoms with van der Waals surface area (Å²) in [7, 11) is 0. The first-order valence-electron chi connectivity index (χ1n) is 7.92. The summed E-state index contributed by atoms with van der Waals surface area (Å²) in [6.07, 6.45) is 3.25. The maximum atomic E-state index is 12.8. The number of hydrogen-bond donors (Lipinski definition) is 0. The molecule has 1 aromatic heterocycles. The van der Waals surface area contributed by atoms with Gasteiger partial charge in [-0.3, -0.25) is 4.79 Å². The number of nitrogens with zero attached hydrogens (tertiary/aromatic N) is 2. The molecule has 1 saturated carbocycles. The van der Waals surface area contributed by atoms with Gasteiger partial charge in [-0.2, -0.15) is 0 Å². The van der Waals surface area contributed by atoms with Gasteiger partial charge in [0.1, 0.15) is 11.9 Å². The van der Waals surface area contributed by atoms with Crippen LogP contribution in [0, 0.1) is 0 Å². The molecule has 7 heteroatoms. The Morgan fingerprint density at radius 3 is 2.83 bits per heavy atom. The van der Waals surface area contributed by atoms with Gasteiger partial charge in [0.25, 0.3) is 5.91 Å². The van der Waals surface area contributed by atoms with Gasteiger partial charge in [-0.25, -0.2) is 4.98 Å². The normalized spacial score (nSPS) is 21.1. The minimum atomic E-state index is -0.228. The van der Waals surface area contributed by atoms with Crippen molar-refractivity contribution in [3.8, 4) is 0 Å². The summed E-state index contributed by atoms with van der Waals surface area (Å²) in [6.45, 7) is 1.45. The molecule has 0 radical (unpaired) electrons. The van der Waals surface area contributed by atoms with Crippen LogP contribution in [0.4, 0.5) is 0 Å². The number of carbonyl (C=O) groups excluding carboxylic acids is 1. The lowest BCUT2D eigenvalue weighted by Crippen LogP contribution is -2.42. The van der Waals surface area contributed by atoms with Crippen LogP contribution in [0.25, 0.3) is 0 Å². The molecule has 2 aromatic rings. The van der Waals surface area contributed by atoms with Crippen molar-refractivity contribution in [3.05, 3.63) is 51.7 Å². The highest BCUT2D eigenvalue weighted by Crippen LogP contribution is 2.41. The molecule has 1 unspecified atom stereocenters. The Morgan fingerprint density at radius 1 is 1.25 bits per heavy atom. The average molecular weight is 367 g/mol. The lowest BCUT2D eigenvalue weighted by atomic mass is 10.1. The Hall–Kier alpha value is -1.56. The molecule has 2 heterocycles. The van der Waals surface area contributed by atoms with Crippen molar-refractivity contribution in [1.29, 1.82) is 0 Å². The number of aromatic nitrogens is 1. The third-order valence-corrected chi connectivity index (χ3v) is 5.15. The predicted octanol–water partition coefficient (Wildman–Crippen LogP) is 4.07. The summed E-state index contributed by atoms with van der Waals surface area (Å²) >= 11 is 12.0. The van der Waals surface area contributed by atoms with Crippen LogP contribution in [0.1, 0.15) is 46.7 Å². The minimum Gasteiger partial charge on any atom is -0.447 e. The quantitative estimate of drug-likeness (QED) is 0.821. The second-order valence-electron chi connectivity index (χ2n) is 6.12. The first-order valence-corrected chi connectivity index (χ1v) is 8.68. The van der Waals surface area contributed by atoms with E-state index in [1.165, 1.54) is 6.39 Å². The van der Waals surface area contributed by atoms with Gasteiger partial charge in [-0.1, -0.05) is 29.3 Å². The molecule has 2 fully saturated rings. The number of amides is 1. The largest absolute Gasteiger partial charge is 0.447 e. The van der Waals surface area contributed by atoms with E-state index in [2.05, 4.69) is 4.98 Å². The number of ether oxygens (including phenoxy) is 1. The molecule has 0 bridgehead atoms. The third-order valence-electron chi connectivity index (χ3n) is 4.41. The highest BCUT2D eigenvalue weighted by Gasteiger charge is 2.35. The molecule has 5 nitrogen and oxygen atoms in total. The summed E-state index contributed by atoms with van der Waals surface area (Å²) in [6, 6.07) is 5.40. The number of oxazole rings is 1. The van der Waals surface area contributed by atoms with Crippen molar-refractivity contribution in [2.24, 2.45) is 0 Å². The van der Waals surface area contributed by atoms with E-state index in [9.17, 15) is 4.79 Å². The standard InChI is InChI=1S/C17H16Cl2N2O3/c18-12-4-3-11(7-13(12)19)14-8-21(5-6-23-14)17(22)15-16(10-1-2-10)24-9-20-15/h3-4,7,9-10,14H,1-2,5-6,8H2. The molecule has 1 aliphatic heterocycles. The zero-order valence-electron chi connectivity index (χ0n) is 12.9. The fraction of sp³-hybridized carbons (Fsp3) is 0.412. The van der Waals surface area contributed by atoms with Crippen molar-refractivity contribution in [1.82, 2.24) is 9.88 Å². The molecular weight excluding hydrogens is 351 g/mol. The van der Waals surface area contributed by atoms with Gasteiger partial charge in [-0.05, 0) is 30.5 Å². The fourth-order valence-corrected chi connectivity index (χ4v) is 3.26. The maximum absolute atomic E-state index is 12.8. The van der Waals surface area contributed by atoms with Crippen LogP contribution >= 0.6 is 23.2 Å². The fourth-order valence-electron chi connectivity index (χ4n) is 2.95. The first-order chi connectivity index (χ1) is 11.6. The van der Waals surface area contributed by atoms with Crippen molar-refractivity contribution in [3.63, 3.8) is 0 Å². The second kappa shape index (κ2) is 6.39. The molecule has 1 amide bonds. The molecule has 1 atom stereocenters. The summed E-state index contributed by atoms with van der Waals surface area (Å²) in [4.78, 5) is 18.7. The van der Waals surface area contributed by atoms with Crippen LogP contribution in [-0.4, -0.2) is 35.5 Å². The Kier molecular flexibility index (Phi) is 4.24. The van der Waals surface area contributed by atoms with E-state index >= 15 is 0 Å². The van der Waals surface area contributed by atoms with Crippen LogP contribution in [0.2, 0.25) is 10.0 Å². The highest BCUT2D eigenvalue weighted by atomic mass is 35.5. The van der Waals surface area contributed by atoms with E-state index in [4.69, 9.17) is 32.4 Å². The maximum Gasteiger partial charge on any atom is 0.276 e. The molecule has 1 aromatic carbocycles. The predicted molar refractivity (Wildman–Crippen MR) is 89.5 cm³/mol. The topological polar surface area (TPSA) is 55.6 Å². The highest BCUT2D eigenvalue weighted by molar-refractivity contribution is 6.42. The molecule has 0 spiro atoms. The number of hydrogen-bond acceptors (Lipinski definition) is 4. The second-order valence-corrected chi connectivity index (χ2v) is 6.94. The average Bonchev–Trinajstić information content (AvgIpc) is 3.33. The van der Waals surface area contributed by atoms with E-state index in [-0.39, 0.29) is 12.0 Å². The molecule has 2 aliphatic rings. The number of rotatable bonds is 3. The molecule has 1 aliphatic carbocycles. The third kappa shape index (κ3) is 3.04. The zero-order valence-corrected chi connectivity index (χ0v) is 14.4. The molecule has 1 saturated heterocycles. The number of morpholine rings is 1. The smallest absolute Gasteiger partial charge is 0.276 e. The van der Waals surface area contributed by atoms with Crippen LogP contribution < -0.4 is 0 Å². The van der Waals surface area contributed by atoms with Crippen LogP contribution in [0.15, 0.2) is 29.0 Å². The SMILES string of the molecule is O=C(c1ncoc1C1CC1)N1CCOC(c2ccc(Cl)c(Cl)c2)C1. The van der Waals surface area contributed by atoms with Gasteiger partial charge in [-0.15, -0.1) is 0 Å². The van der Waals surface area contributed by atoms with E-state index in [0.29, 0.717) is 41.4 Å². The van der Waals surface area contributed by atoms with Gasteiger partial charge in [0, 0.05) is 12.5 Å². The summed E-state index contributed by atoms with van der Waals surface area (Å²) in [5.41, 5.74) is 1.34. The molecule has 24 heavy (non-hydrogen) atoms. The van der Waals surface area contributed by atoms with Gasteiger partial charge in [0.05, 0.1) is 23.2 Å². The van der Waals surface area contributed by atoms with E-state index in [1.54, 1.807) is 17.0 Å². The van der Waals surface area contributed by atoms with Gasteiger partial charge < -0.3 is 14.1 Å². The van der Waals surface area contributed by atoms with Crippen LogP contribution in [-0.2, 0) is 4.74 Å². The number of halogens is 2.